The van der Waals surface area contributed by atoms with Crippen LogP contribution in [0.5, 0.6) is 0 Å². The van der Waals surface area contributed by atoms with Crippen molar-refractivity contribution in [2.75, 3.05) is 0 Å². The largest absolute Gasteiger partial charge is 0.370 e. The number of guanidine groups is 1. The predicted octanol–water partition coefficient (Wildman–Crippen LogP) is 0.470. The lowest BCUT2D eigenvalue weighted by atomic mass is 10.2. The average Bonchev–Trinajstić information content (AvgIpc) is 2.03. The van der Waals surface area contributed by atoms with Gasteiger partial charge in [-0.3, -0.25) is 5.41 Å². The molecule has 1 rings (SSSR count). The van der Waals surface area contributed by atoms with Crippen LogP contribution in [0.3, 0.4) is 0 Å². The van der Waals surface area contributed by atoms with E-state index in [1.807, 2.05) is 24.3 Å². The topological polar surface area (TPSA) is 61.9 Å². The van der Waals surface area contributed by atoms with Crippen LogP contribution in [0, 0.1) is 11.5 Å². The summed E-state index contributed by atoms with van der Waals surface area (Å²) in [5.41, 5.74) is 6.10. The molecule has 0 aliphatic carbocycles. The molecule has 0 spiro atoms. The molecule has 0 saturated carbocycles. The molecule has 1 aromatic rings. The first kappa shape index (κ1) is 7.60. The smallest absolute Gasteiger partial charge is 0.185 e. The van der Waals surface area contributed by atoms with Gasteiger partial charge in [0.25, 0.3) is 0 Å². The zero-order chi connectivity index (χ0) is 8.10. The van der Waals surface area contributed by atoms with Crippen LogP contribution >= 0.6 is 0 Å². The second kappa shape index (κ2) is 3.61. The van der Waals surface area contributed by atoms with Gasteiger partial charge in [0.1, 0.15) is 0 Å². The molecule has 0 saturated heterocycles. The fraction of sp³-hybridized carbons (Fsp3) is 0.125. The summed E-state index contributed by atoms with van der Waals surface area (Å²) in [6.07, 6.45) is 0. The molecule has 1 aromatic carbocycles. The molecule has 0 unspecified atom stereocenters. The van der Waals surface area contributed by atoms with Crippen molar-refractivity contribution < 1.29 is 0 Å². The van der Waals surface area contributed by atoms with Gasteiger partial charge < -0.3 is 11.1 Å². The molecular weight excluding hydrogens is 138 g/mol. The molecule has 0 bridgehead atoms. The Labute approximate surface area is 65.7 Å². The van der Waals surface area contributed by atoms with Gasteiger partial charge in [-0.1, -0.05) is 24.3 Å². The number of hydrogen-bond donors (Lipinski definition) is 3. The van der Waals surface area contributed by atoms with Gasteiger partial charge in [0, 0.05) is 6.54 Å². The van der Waals surface area contributed by atoms with Crippen molar-refractivity contribution in [3.8, 4) is 0 Å². The summed E-state index contributed by atoms with van der Waals surface area (Å²) in [4.78, 5) is 0. The molecule has 0 atom stereocenters. The summed E-state index contributed by atoms with van der Waals surface area (Å²) >= 11 is 0. The molecule has 4 N–H and O–H groups in total. The van der Waals surface area contributed by atoms with Crippen LogP contribution in [0.4, 0.5) is 0 Å². The van der Waals surface area contributed by atoms with Gasteiger partial charge in [-0.25, -0.2) is 0 Å². The highest BCUT2D eigenvalue weighted by molar-refractivity contribution is 5.74. The highest BCUT2D eigenvalue weighted by Gasteiger charge is 1.89. The molecule has 0 aliphatic rings. The Hall–Kier alpha value is -1.51. The van der Waals surface area contributed by atoms with Crippen molar-refractivity contribution >= 4 is 5.96 Å². The Morgan fingerprint density at radius 2 is 2.45 bits per heavy atom. The first-order valence-corrected chi connectivity index (χ1v) is 3.32. The molecule has 0 heterocycles. The summed E-state index contributed by atoms with van der Waals surface area (Å²) < 4.78 is 0. The number of rotatable bonds is 2. The van der Waals surface area contributed by atoms with E-state index in [9.17, 15) is 0 Å². The van der Waals surface area contributed by atoms with Crippen LogP contribution in [-0.2, 0) is 6.54 Å². The van der Waals surface area contributed by atoms with Crippen LogP contribution in [0.2, 0.25) is 0 Å². The minimum Gasteiger partial charge on any atom is -0.370 e. The number of hydrogen-bond acceptors (Lipinski definition) is 1. The minimum absolute atomic E-state index is 0.0118. The average molecular weight is 148 g/mol. The normalized spacial score (nSPS) is 9.09. The Balaban J connectivity index is 2.45. The van der Waals surface area contributed by atoms with E-state index in [0.29, 0.717) is 6.54 Å². The summed E-state index contributed by atoms with van der Waals surface area (Å²) in [5.74, 6) is -0.0118. The standard InChI is InChI=1S/C8H10N3/c9-8(10)11-6-7-4-2-1-3-5-7/h1-4H,6H2,(H4,9,10,11). The molecule has 3 heteroatoms. The molecule has 0 aliphatic heterocycles. The van der Waals surface area contributed by atoms with Crippen LogP contribution in [0.15, 0.2) is 24.3 Å². The number of nitrogens with two attached hydrogens (primary N) is 1. The van der Waals surface area contributed by atoms with Crippen molar-refractivity contribution in [1.29, 1.82) is 5.41 Å². The Morgan fingerprint density at radius 1 is 1.64 bits per heavy atom. The van der Waals surface area contributed by atoms with E-state index in [1.165, 1.54) is 0 Å². The quantitative estimate of drug-likeness (QED) is 0.421. The van der Waals surface area contributed by atoms with Gasteiger partial charge in [0.05, 0.1) is 0 Å². The zero-order valence-electron chi connectivity index (χ0n) is 6.09. The Bertz CT molecular complexity index is 230. The van der Waals surface area contributed by atoms with Crippen molar-refractivity contribution in [3.63, 3.8) is 0 Å². The molecule has 3 nitrogen and oxygen atoms in total. The molecule has 1 radical (unpaired) electrons. The first-order chi connectivity index (χ1) is 5.29. The molecule has 11 heavy (non-hydrogen) atoms. The maximum absolute atomic E-state index is 6.90. The SMILES string of the molecule is N=C(N)NCc1[c]cccc1. The van der Waals surface area contributed by atoms with Crippen molar-refractivity contribution in [3.05, 3.63) is 35.9 Å². The third-order valence-corrected chi connectivity index (χ3v) is 1.24. The van der Waals surface area contributed by atoms with Crippen LogP contribution in [0.1, 0.15) is 5.56 Å². The van der Waals surface area contributed by atoms with Crippen LogP contribution < -0.4 is 11.1 Å². The van der Waals surface area contributed by atoms with Crippen LogP contribution in [0.25, 0.3) is 0 Å². The fourth-order valence-electron chi connectivity index (χ4n) is 0.731. The number of benzene rings is 1. The van der Waals surface area contributed by atoms with Crippen LogP contribution in [-0.4, -0.2) is 5.96 Å². The van der Waals surface area contributed by atoms with Gasteiger partial charge in [-0.2, -0.15) is 0 Å². The molecular formula is C8H10N3. The monoisotopic (exact) mass is 148 g/mol. The maximum Gasteiger partial charge on any atom is 0.185 e. The lowest BCUT2D eigenvalue weighted by molar-refractivity contribution is 0.895. The fourth-order valence-corrected chi connectivity index (χ4v) is 0.731. The summed E-state index contributed by atoms with van der Waals surface area (Å²) in [5, 5.41) is 9.59. The van der Waals surface area contributed by atoms with Gasteiger partial charge in [0.15, 0.2) is 5.96 Å². The van der Waals surface area contributed by atoms with E-state index in [0.717, 1.165) is 5.56 Å². The van der Waals surface area contributed by atoms with E-state index >= 15 is 0 Å². The van der Waals surface area contributed by atoms with Gasteiger partial charge in [-0.15, -0.1) is 0 Å². The zero-order valence-corrected chi connectivity index (χ0v) is 6.09. The van der Waals surface area contributed by atoms with E-state index in [4.69, 9.17) is 11.1 Å². The molecule has 0 aromatic heterocycles. The number of nitrogens with one attached hydrogen (secondary N) is 2. The third kappa shape index (κ3) is 2.71. The summed E-state index contributed by atoms with van der Waals surface area (Å²) in [6.45, 7) is 0.566. The van der Waals surface area contributed by atoms with Gasteiger partial charge in [0.2, 0.25) is 0 Å². The lowest BCUT2D eigenvalue weighted by Gasteiger charge is -2.01. The van der Waals surface area contributed by atoms with Crippen molar-refractivity contribution in [2.45, 2.75) is 6.54 Å². The van der Waals surface area contributed by atoms with E-state index in [1.54, 1.807) is 0 Å². The van der Waals surface area contributed by atoms with Gasteiger partial charge >= 0.3 is 0 Å². The highest BCUT2D eigenvalue weighted by atomic mass is 15.0. The second-order valence-corrected chi connectivity index (χ2v) is 2.16. The molecule has 0 amide bonds. The molecule has 57 valence electrons. The van der Waals surface area contributed by atoms with E-state index in [2.05, 4.69) is 11.4 Å². The Kier molecular flexibility index (Phi) is 2.49. The van der Waals surface area contributed by atoms with E-state index in [-0.39, 0.29) is 5.96 Å². The predicted molar refractivity (Wildman–Crippen MR) is 44.0 cm³/mol. The Morgan fingerprint density at radius 3 is 3.00 bits per heavy atom. The van der Waals surface area contributed by atoms with E-state index < -0.39 is 0 Å². The van der Waals surface area contributed by atoms with Gasteiger partial charge in [-0.05, 0) is 11.6 Å². The first-order valence-electron chi connectivity index (χ1n) is 3.32. The van der Waals surface area contributed by atoms with Crippen molar-refractivity contribution in [2.24, 2.45) is 5.73 Å². The summed E-state index contributed by atoms with van der Waals surface area (Å²) in [7, 11) is 0. The minimum atomic E-state index is -0.0118. The summed E-state index contributed by atoms with van der Waals surface area (Å²) in [6, 6.07) is 10.6. The highest BCUT2D eigenvalue weighted by Crippen LogP contribution is 1.94. The second-order valence-electron chi connectivity index (χ2n) is 2.16. The van der Waals surface area contributed by atoms with Crippen molar-refractivity contribution in [1.82, 2.24) is 5.32 Å². The molecule has 0 fully saturated rings. The third-order valence-electron chi connectivity index (χ3n) is 1.24. The maximum atomic E-state index is 6.90. The lowest BCUT2D eigenvalue weighted by Crippen LogP contribution is -2.29.